The molecule has 1 heterocycles. The third kappa shape index (κ3) is 4.12. The van der Waals surface area contributed by atoms with Gasteiger partial charge in [-0.25, -0.2) is 0 Å². The monoisotopic (exact) mass is 397 g/mol. The van der Waals surface area contributed by atoms with Crippen LogP contribution in [0.3, 0.4) is 0 Å². The van der Waals surface area contributed by atoms with Crippen LogP contribution in [0.15, 0.2) is 47.7 Å². The van der Waals surface area contributed by atoms with Crippen LogP contribution in [-0.2, 0) is 11.3 Å². The highest BCUT2D eigenvalue weighted by molar-refractivity contribution is 5.90. The number of rotatable bonds is 8. The van der Waals surface area contributed by atoms with Gasteiger partial charge >= 0.3 is 0 Å². The fourth-order valence-corrected chi connectivity index (χ4v) is 5.29. The first-order valence-corrected chi connectivity index (χ1v) is 10.9. The van der Waals surface area contributed by atoms with Gasteiger partial charge in [-0.05, 0) is 68.5 Å². The normalized spacial score (nSPS) is 23.8. The van der Waals surface area contributed by atoms with Gasteiger partial charge in [0.1, 0.15) is 12.4 Å². The summed E-state index contributed by atoms with van der Waals surface area (Å²) < 4.78 is 7.01. The summed E-state index contributed by atoms with van der Waals surface area (Å²) in [7, 11) is 0. The summed E-state index contributed by atoms with van der Waals surface area (Å²) in [5.74, 6) is 1.16. The Bertz CT molecular complexity index is 792. The molecule has 3 rings (SSSR count). The summed E-state index contributed by atoms with van der Waals surface area (Å²) in [5, 5.41) is 8.61. The van der Waals surface area contributed by atoms with Crippen molar-refractivity contribution in [3.8, 4) is 0 Å². The molecule has 0 spiro atoms. The van der Waals surface area contributed by atoms with Crippen LogP contribution in [0.5, 0.6) is 0 Å². The second-order valence-electron chi connectivity index (χ2n) is 8.65. The summed E-state index contributed by atoms with van der Waals surface area (Å²) in [6.07, 6.45) is 9.57. The quantitative estimate of drug-likeness (QED) is 0.355. The van der Waals surface area contributed by atoms with Gasteiger partial charge in [0.2, 0.25) is 0 Å². The SMILES string of the molecule is CC1=CC(OCc2ccccc2C)=CCC1(C(=N)N)[N+]1(CCCN)CCCCC1. The fraction of sp³-hybridized carbons (Fsp3) is 0.542. The van der Waals surface area contributed by atoms with Gasteiger partial charge in [-0.2, -0.15) is 0 Å². The van der Waals surface area contributed by atoms with Crippen molar-refractivity contribution in [1.82, 2.24) is 0 Å². The molecule has 1 aromatic carbocycles. The van der Waals surface area contributed by atoms with E-state index in [4.69, 9.17) is 21.6 Å². The molecule has 1 unspecified atom stereocenters. The number of ether oxygens (including phenoxy) is 1. The van der Waals surface area contributed by atoms with E-state index in [1.54, 1.807) is 0 Å². The Kier molecular flexibility index (Phi) is 6.81. The van der Waals surface area contributed by atoms with Gasteiger partial charge < -0.3 is 20.7 Å². The second-order valence-corrected chi connectivity index (χ2v) is 8.65. The molecule has 0 aromatic heterocycles. The van der Waals surface area contributed by atoms with E-state index in [-0.39, 0.29) is 5.84 Å². The molecule has 158 valence electrons. The number of nitrogens with one attached hydrogen (secondary N) is 1. The predicted octanol–water partition coefficient (Wildman–Crippen LogP) is 3.77. The molecule has 0 saturated carbocycles. The lowest BCUT2D eigenvalue weighted by atomic mass is 9.76. The molecule has 0 amide bonds. The predicted molar refractivity (Wildman–Crippen MR) is 119 cm³/mol. The lowest BCUT2D eigenvalue weighted by molar-refractivity contribution is -0.964. The first-order chi connectivity index (χ1) is 13.9. The Hall–Kier alpha value is -2.11. The summed E-state index contributed by atoms with van der Waals surface area (Å²) in [4.78, 5) is 0. The van der Waals surface area contributed by atoms with E-state index in [9.17, 15) is 0 Å². The van der Waals surface area contributed by atoms with Crippen molar-refractivity contribution in [1.29, 1.82) is 5.41 Å². The Labute approximate surface area is 175 Å². The highest BCUT2D eigenvalue weighted by atomic mass is 16.5. The topological polar surface area (TPSA) is 85.1 Å². The molecule has 5 nitrogen and oxygen atoms in total. The largest absolute Gasteiger partial charge is 0.489 e. The van der Waals surface area contributed by atoms with Crippen LogP contribution in [0.1, 0.15) is 50.2 Å². The number of benzene rings is 1. The van der Waals surface area contributed by atoms with Crippen molar-refractivity contribution >= 4 is 5.84 Å². The smallest absolute Gasteiger partial charge is 0.182 e. The molecule has 1 atom stereocenters. The summed E-state index contributed by atoms with van der Waals surface area (Å²) in [6.45, 7) is 8.59. The molecule has 1 aliphatic heterocycles. The minimum Gasteiger partial charge on any atom is -0.489 e. The van der Waals surface area contributed by atoms with Crippen LogP contribution in [-0.4, -0.2) is 42.0 Å². The number of hydrogen-bond acceptors (Lipinski definition) is 3. The number of quaternary nitrogens is 1. The van der Waals surface area contributed by atoms with Crippen LogP contribution < -0.4 is 11.5 Å². The summed E-state index contributed by atoms with van der Waals surface area (Å²) in [5.41, 5.74) is 15.3. The third-order valence-corrected chi connectivity index (χ3v) is 6.98. The van der Waals surface area contributed by atoms with Gasteiger partial charge in [0.25, 0.3) is 0 Å². The molecule has 5 heteroatoms. The zero-order valence-electron chi connectivity index (χ0n) is 18.0. The van der Waals surface area contributed by atoms with Crippen LogP contribution >= 0.6 is 0 Å². The van der Waals surface area contributed by atoms with E-state index in [0.717, 1.165) is 48.3 Å². The van der Waals surface area contributed by atoms with Gasteiger partial charge in [0, 0.05) is 12.8 Å². The number of piperidine rings is 1. The highest BCUT2D eigenvalue weighted by Gasteiger charge is 2.55. The first-order valence-electron chi connectivity index (χ1n) is 10.9. The standard InChI is InChI=1S/C24H37N4O/c1-19-9-4-5-10-21(19)18-29-22-11-12-24(23(26)27,20(2)17-22)28(16-8-13-25)14-6-3-7-15-28/h4-5,9-11,17H,3,6-8,12-16,18,25H2,1-2H3,(H3,26,27)/q+1. The fourth-order valence-electron chi connectivity index (χ4n) is 5.29. The molecule has 0 radical (unpaired) electrons. The van der Waals surface area contributed by atoms with Crippen molar-refractivity contribution in [2.45, 2.75) is 58.1 Å². The van der Waals surface area contributed by atoms with Crippen molar-refractivity contribution in [3.05, 3.63) is 58.9 Å². The Balaban J connectivity index is 1.85. The molecule has 1 saturated heterocycles. The number of nitrogens with two attached hydrogens (primary N) is 2. The maximum Gasteiger partial charge on any atom is 0.182 e. The van der Waals surface area contributed by atoms with E-state index in [2.05, 4.69) is 38.1 Å². The number of nitrogens with zero attached hydrogens (tertiary/aromatic N) is 1. The Morgan fingerprint density at radius 2 is 1.90 bits per heavy atom. The maximum absolute atomic E-state index is 8.61. The lowest BCUT2D eigenvalue weighted by Gasteiger charge is -2.55. The molecular weight excluding hydrogens is 360 g/mol. The molecule has 1 aromatic rings. The minimum absolute atomic E-state index is 0.277. The van der Waals surface area contributed by atoms with Gasteiger partial charge in [0.15, 0.2) is 11.4 Å². The van der Waals surface area contributed by atoms with E-state index in [0.29, 0.717) is 13.2 Å². The van der Waals surface area contributed by atoms with Crippen LogP contribution in [0.25, 0.3) is 0 Å². The Morgan fingerprint density at radius 3 is 2.52 bits per heavy atom. The number of hydrogen-bond donors (Lipinski definition) is 3. The van der Waals surface area contributed by atoms with Crippen LogP contribution in [0, 0.1) is 12.3 Å². The Morgan fingerprint density at radius 1 is 1.17 bits per heavy atom. The second kappa shape index (κ2) is 9.14. The van der Waals surface area contributed by atoms with E-state index in [1.165, 1.54) is 30.4 Å². The van der Waals surface area contributed by atoms with Crippen molar-refractivity contribution in [3.63, 3.8) is 0 Å². The first kappa shape index (κ1) is 21.6. The maximum atomic E-state index is 8.61. The molecule has 0 bridgehead atoms. The summed E-state index contributed by atoms with van der Waals surface area (Å²) in [6, 6.07) is 8.31. The van der Waals surface area contributed by atoms with Gasteiger partial charge in [-0.15, -0.1) is 0 Å². The van der Waals surface area contributed by atoms with Crippen molar-refractivity contribution in [2.24, 2.45) is 11.5 Å². The van der Waals surface area contributed by atoms with E-state index < -0.39 is 5.54 Å². The zero-order valence-corrected chi connectivity index (χ0v) is 18.0. The number of amidine groups is 1. The molecule has 5 N–H and O–H groups in total. The minimum atomic E-state index is -0.467. The van der Waals surface area contributed by atoms with Crippen molar-refractivity contribution in [2.75, 3.05) is 26.2 Å². The van der Waals surface area contributed by atoms with E-state index in [1.807, 2.05) is 12.1 Å². The zero-order chi connectivity index (χ0) is 20.9. The molecular formula is C24H37N4O+. The van der Waals surface area contributed by atoms with Crippen molar-refractivity contribution < 1.29 is 9.22 Å². The molecule has 1 aliphatic carbocycles. The van der Waals surface area contributed by atoms with Crippen LogP contribution in [0.2, 0.25) is 0 Å². The molecule has 29 heavy (non-hydrogen) atoms. The number of aryl methyl sites for hydroxylation is 1. The van der Waals surface area contributed by atoms with Gasteiger partial charge in [0.05, 0.1) is 19.6 Å². The summed E-state index contributed by atoms with van der Waals surface area (Å²) >= 11 is 0. The number of allylic oxidation sites excluding steroid dienone is 1. The van der Waals surface area contributed by atoms with Gasteiger partial charge in [-0.3, -0.25) is 5.41 Å². The van der Waals surface area contributed by atoms with E-state index >= 15 is 0 Å². The average molecular weight is 398 g/mol. The number of likely N-dealkylation sites (tertiary alicyclic amines) is 1. The molecule has 1 fully saturated rings. The lowest BCUT2D eigenvalue weighted by Crippen LogP contribution is -2.72. The highest BCUT2D eigenvalue weighted by Crippen LogP contribution is 2.42. The average Bonchev–Trinajstić information content (AvgIpc) is 2.72. The molecule has 2 aliphatic rings. The van der Waals surface area contributed by atoms with Crippen LogP contribution in [0.4, 0.5) is 0 Å². The van der Waals surface area contributed by atoms with Gasteiger partial charge in [-0.1, -0.05) is 24.3 Å². The third-order valence-electron chi connectivity index (χ3n) is 6.98.